The molecule has 1 N–H and O–H groups in total. The lowest BCUT2D eigenvalue weighted by atomic mass is 10.0. The molecule has 1 heterocycles. The zero-order chi connectivity index (χ0) is 13.1. The van der Waals surface area contributed by atoms with Crippen molar-refractivity contribution in [3.8, 4) is 0 Å². The van der Waals surface area contributed by atoms with Crippen molar-refractivity contribution in [2.24, 2.45) is 0 Å². The maximum absolute atomic E-state index is 9.15. The molecule has 1 fully saturated rings. The van der Waals surface area contributed by atoms with E-state index in [1.807, 2.05) is 0 Å². The molecule has 3 heteroatoms. The minimum absolute atomic E-state index is 0.285. The predicted molar refractivity (Wildman–Crippen MR) is 78.7 cm³/mol. The quantitative estimate of drug-likeness (QED) is 0.846. The van der Waals surface area contributed by atoms with Gasteiger partial charge in [-0.3, -0.25) is 4.90 Å². The monoisotopic (exact) mass is 260 g/mol. The SMILES string of the molecule is OCCN(CCN1CCCc2ccccc21)C1CC1. The Bertz CT molecular complexity index is 417. The Hall–Kier alpha value is -1.06. The van der Waals surface area contributed by atoms with Gasteiger partial charge in [-0.05, 0) is 37.3 Å². The maximum Gasteiger partial charge on any atom is 0.0558 e. The molecule has 0 atom stereocenters. The van der Waals surface area contributed by atoms with Gasteiger partial charge in [0.2, 0.25) is 0 Å². The summed E-state index contributed by atoms with van der Waals surface area (Å²) in [6.45, 7) is 4.47. The molecule has 19 heavy (non-hydrogen) atoms. The van der Waals surface area contributed by atoms with Crippen LogP contribution in [-0.4, -0.2) is 48.8 Å². The van der Waals surface area contributed by atoms with Crippen molar-refractivity contribution in [3.05, 3.63) is 29.8 Å². The average molecular weight is 260 g/mol. The molecule has 0 bridgehead atoms. The smallest absolute Gasteiger partial charge is 0.0558 e. The third-order valence-electron chi connectivity index (χ3n) is 4.31. The van der Waals surface area contributed by atoms with Gasteiger partial charge in [0.15, 0.2) is 0 Å². The van der Waals surface area contributed by atoms with E-state index in [1.54, 1.807) is 0 Å². The van der Waals surface area contributed by atoms with Gasteiger partial charge in [-0.2, -0.15) is 0 Å². The number of benzene rings is 1. The third kappa shape index (κ3) is 3.10. The molecule has 0 radical (unpaired) electrons. The largest absolute Gasteiger partial charge is 0.395 e. The molecule has 1 aromatic carbocycles. The van der Waals surface area contributed by atoms with E-state index >= 15 is 0 Å². The first-order valence-corrected chi connectivity index (χ1v) is 7.56. The van der Waals surface area contributed by atoms with Gasteiger partial charge in [-0.25, -0.2) is 0 Å². The summed E-state index contributed by atoms with van der Waals surface area (Å²) in [6, 6.07) is 9.54. The summed E-state index contributed by atoms with van der Waals surface area (Å²) in [5.74, 6) is 0. The molecule has 0 aromatic heterocycles. The number of hydrogen-bond acceptors (Lipinski definition) is 3. The number of aliphatic hydroxyl groups is 1. The average Bonchev–Trinajstić information content (AvgIpc) is 3.28. The molecule has 104 valence electrons. The second kappa shape index (κ2) is 5.93. The highest BCUT2D eigenvalue weighted by Crippen LogP contribution is 2.28. The van der Waals surface area contributed by atoms with E-state index in [4.69, 9.17) is 5.11 Å². The normalized spacial score (nSPS) is 18.7. The first kappa shape index (κ1) is 12.9. The number of fused-ring (bicyclic) bond motifs is 1. The number of para-hydroxylation sites is 1. The molecule has 1 aliphatic carbocycles. The first-order valence-electron chi connectivity index (χ1n) is 7.56. The molecule has 2 aliphatic rings. The zero-order valence-electron chi connectivity index (χ0n) is 11.6. The van der Waals surface area contributed by atoms with E-state index in [0.29, 0.717) is 0 Å². The van der Waals surface area contributed by atoms with Crippen molar-refractivity contribution in [2.45, 2.75) is 31.7 Å². The summed E-state index contributed by atoms with van der Waals surface area (Å²) < 4.78 is 0. The Morgan fingerprint density at radius 2 is 2.05 bits per heavy atom. The van der Waals surface area contributed by atoms with Gasteiger partial charge in [-0.1, -0.05) is 18.2 Å². The van der Waals surface area contributed by atoms with Gasteiger partial charge < -0.3 is 10.0 Å². The van der Waals surface area contributed by atoms with Crippen LogP contribution in [0.15, 0.2) is 24.3 Å². The molecule has 1 aromatic rings. The molecule has 3 nitrogen and oxygen atoms in total. The Morgan fingerprint density at radius 3 is 2.84 bits per heavy atom. The highest BCUT2D eigenvalue weighted by atomic mass is 16.3. The summed E-state index contributed by atoms with van der Waals surface area (Å²) in [5.41, 5.74) is 2.92. The summed E-state index contributed by atoms with van der Waals surface area (Å²) in [7, 11) is 0. The van der Waals surface area contributed by atoms with E-state index in [1.165, 1.54) is 43.5 Å². The second-order valence-electron chi connectivity index (χ2n) is 5.71. The fourth-order valence-electron chi connectivity index (χ4n) is 3.14. The van der Waals surface area contributed by atoms with E-state index < -0.39 is 0 Å². The van der Waals surface area contributed by atoms with Crippen LogP contribution in [0.25, 0.3) is 0 Å². The summed E-state index contributed by atoms with van der Waals surface area (Å²) >= 11 is 0. The molecule has 0 unspecified atom stereocenters. The van der Waals surface area contributed by atoms with E-state index in [9.17, 15) is 0 Å². The summed E-state index contributed by atoms with van der Waals surface area (Å²) in [5, 5.41) is 9.15. The predicted octanol–water partition coefficient (Wildman–Crippen LogP) is 1.90. The van der Waals surface area contributed by atoms with Gasteiger partial charge in [0, 0.05) is 37.9 Å². The van der Waals surface area contributed by atoms with Crippen LogP contribution >= 0.6 is 0 Å². The van der Waals surface area contributed by atoms with Crippen LogP contribution in [-0.2, 0) is 6.42 Å². The van der Waals surface area contributed by atoms with Crippen molar-refractivity contribution in [1.29, 1.82) is 0 Å². The fraction of sp³-hybridized carbons (Fsp3) is 0.625. The summed E-state index contributed by atoms with van der Waals surface area (Å²) in [4.78, 5) is 4.98. The molecule has 0 saturated heterocycles. The Balaban J connectivity index is 1.61. The van der Waals surface area contributed by atoms with Crippen LogP contribution in [0.3, 0.4) is 0 Å². The lowest BCUT2D eigenvalue weighted by molar-refractivity contribution is 0.192. The van der Waals surface area contributed by atoms with Crippen LogP contribution in [0, 0.1) is 0 Å². The van der Waals surface area contributed by atoms with Crippen molar-refractivity contribution in [2.75, 3.05) is 37.7 Å². The number of anilines is 1. The van der Waals surface area contributed by atoms with Crippen LogP contribution in [0.4, 0.5) is 5.69 Å². The van der Waals surface area contributed by atoms with Gasteiger partial charge in [0.25, 0.3) is 0 Å². The zero-order valence-corrected chi connectivity index (χ0v) is 11.6. The van der Waals surface area contributed by atoms with Gasteiger partial charge >= 0.3 is 0 Å². The van der Waals surface area contributed by atoms with Crippen LogP contribution < -0.4 is 4.90 Å². The maximum atomic E-state index is 9.15. The number of aliphatic hydroxyl groups excluding tert-OH is 1. The molecular weight excluding hydrogens is 236 g/mol. The Morgan fingerprint density at radius 1 is 1.21 bits per heavy atom. The Kier molecular flexibility index (Phi) is 4.04. The number of nitrogens with zero attached hydrogens (tertiary/aromatic N) is 2. The van der Waals surface area contributed by atoms with Crippen LogP contribution in [0.1, 0.15) is 24.8 Å². The topological polar surface area (TPSA) is 26.7 Å². The third-order valence-corrected chi connectivity index (χ3v) is 4.31. The van der Waals surface area contributed by atoms with Gasteiger partial charge in [-0.15, -0.1) is 0 Å². The minimum Gasteiger partial charge on any atom is -0.395 e. The van der Waals surface area contributed by atoms with E-state index in [2.05, 4.69) is 34.1 Å². The number of hydrogen-bond donors (Lipinski definition) is 1. The van der Waals surface area contributed by atoms with E-state index in [0.717, 1.165) is 25.7 Å². The molecule has 0 amide bonds. The van der Waals surface area contributed by atoms with Crippen LogP contribution in [0.5, 0.6) is 0 Å². The van der Waals surface area contributed by atoms with Gasteiger partial charge in [0.1, 0.15) is 0 Å². The highest BCUT2D eigenvalue weighted by molar-refractivity contribution is 5.55. The van der Waals surface area contributed by atoms with Crippen molar-refractivity contribution in [1.82, 2.24) is 4.90 Å². The lowest BCUT2D eigenvalue weighted by Crippen LogP contribution is -2.39. The second-order valence-corrected chi connectivity index (χ2v) is 5.71. The van der Waals surface area contributed by atoms with Gasteiger partial charge in [0.05, 0.1) is 6.61 Å². The van der Waals surface area contributed by atoms with E-state index in [-0.39, 0.29) is 6.61 Å². The highest BCUT2D eigenvalue weighted by Gasteiger charge is 2.28. The first-order chi connectivity index (χ1) is 9.38. The lowest BCUT2D eigenvalue weighted by Gasteiger charge is -2.33. The van der Waals surface area contributed by atoms with Crippen LogP contribution in [0.2, 0.25) is 0 Å². The molecule has 1 aliphatic heterocycles. The molecular formula is C16H24N2O. The molecule has 0 spiro atoms. The Labute approximate surface area is 115 Å². The number of rotatable bonds is 6. The fourth-order valence-corrected chi connectivity index (χ4v) is 3.14. The minimum atomic E-state index is 0.285. The summed E-state index contributed by atoms with van der Waals surface area (Å²) in [6.07, 6.45) is 5.11. The molecule has 3 rings (SSSR count). The van der Waals surface area contributed by atoms with Crippen molar-refractivity contribution < 1.29 is 5.11 Å². The van der Waals surface area contributed by atoms with Crippen molar-refractivity contribution >= 4 is 5.69 Å². The van der Waals surface area contributed by atoms with Crippen molar-refractivity contribution in [3.63, 3.8) is 0 Å². The standard InChI is InChI=1S/C16H24N2O/c19-13-12-17(15-7-8-15)10-11-18-9-3-5-14-4-1-2-6-16(14)18/h1-2,4,6,15,19H,3,5,7-13H2. The number of aryl methyl sites for hydroxylation is 1. The molecule has 1 saturated carbocycles.